The molecule has 1 aromatic carbocycles. The predicted molar refractivity (Wildman–Crippen MR) is 65.7 cm³/mol. The van der Waals surface area contributed by atoms with E-state index in [1.54, 1.807) is 7.11 Å². The van der Waals surface area contributed by atoms with E-state index < -0.39 is 6.10 Å². The standard InChI is InChI=1S/C13H21NO2/c1-9(2)14-10(3)13(15)11-6-5-7-12(8-11)16-4/h5-10,13-15H,1-4H3. The molecule has 0 saturated heterocycles. The number of aliphatic hydroxyl groups is 1. The molecule has 0 bridgehead atoms. The van der Waals surface area contributed by atoms with Gasteiger partial charge in [-0.1, -0.05) is 26.0 Å². The minimum Gasteiger partial charge on any atom is -0.497 e. The molecule has 1 rings (SSSR count). The Labute approximate surface area is 97.4 Å². The van der Waals surface area contributed by atoms with E-state index in [4.69, 9.17) is 4.74 Å². The molecule has 16 heavy (non-hydrogen) atoms. The van der Waals surface area contributed by atoms with Crippen molar-refractivity contribution < 1.29 is 9.84 Å². The van der Waals surface area contributed by atoms with Gasteiger partial charge in [-0.05, 0) is 24.6 Å². The SMILES string of the molecule is COc1cccc(C(O)C(C)NC(C)C)c1. The second-order valence-corrected chi connectivity index (χ2v) is 4.33. The van der Waals surface area contributed by atoms with Crippen LogP contribution in [-0.2, 0) is 0 Å². The van der Waals surface area contributed by atoms with E-state index in [0.29, 0.717) is 6.04 Å². The molecule has 0 spiro atoms. The summed E-state index contributed by atoms with van der Waals surface area (Å²) in [5.74, 6) is 0.772. The van der Waals surface area contributed by atoms with Crippen LogP contribution in [0.4, 0.5) is 0 Å². The lowest BCUT2D eigenvalue weighted by Gasteiger charge is -2.23. The van der Waals surface area contributed by atoms with Crippen LogP contribution in [0.15, 0.2) is 24.3 Å². The minimum atomic E-state index is -0.516. The van der Waals surface area contributed by atoms with Crippen molar-refractivity contribution in [3.63, 3.8) is 0 Å². The summed E-state index contributed by atoms with van der Waals surface area (Å²) in [6.45, 7) is 6.10. The third-order valence-corrected chi connectivity index (χ3v) is 2.51. The smallest absolute Gasteiger partial charge is 0.119 e. The molecule has 0 heterocycles. The summed E-state index contributed by atoms with van der Waals surface area (Å²) >= 11 is 0. The number of hydrogen-bond donors (Lipinski definition) is 2. The van der Waals surface area contributed by atoms with Gasteiger partial charge in [0.2, 0.25) is 0 Å². The lowest BCUT2D eigenvalue weighted by Crippen LogP contribution is -2.36. The molecule has 0 saturated carbocycles. The third kappa shape index (κ3) is 3.51. The average Bonchev–Trinajstić information content (AvgIpc) is 2.27. The first kappa shape index (κ1) is 13.0. The maximum atomic E-state index is 10.1. The molecule has 0 aliphatic carbocycles. The predicted octanol–water partition coefficient (Wildman–Crippen LogP) is 2.12. The van der Waals surface area contributed by atoms with Crippen molar-refractivity contribution in [2.24, 2.45) is 0 Å². The zero-order valence-corrected chi connectivity index (χ0v) is 10.4. The summed E-state index contributed by atoms with van der Waals surface area (Å²) in [5.41, 5.74) is 0.875. The number of aliphatic hydroxyl groups excluding tert-OH is 1. The number of rotatable bonds is 5. The Bertz CT molecular complexity index is 325. The summed E-state index contributed by atoms with van der Waals surface area (Å²) in [4.78, 5) is 0. The molecule has 0 aliphatic heterocycles. The normalized spacial score (nSPS) is 14.9. The Balaban J connectivity index is 2.74. The molecule has 2 atom stereocenters. The Morgan fingerprint density at radius 2 is 1.94 bits per heavy atom. The van der Waals surface area contributed by atoms with E-state index in [-0.39, 0.29) is 6.04 Å². The van der Waals surface area contributed by atoms with Crippen molar-refractivity contribution in [1.29, 1.82) is 0 Å². The Kier molecular flexibility index (Phi) is 4.77. The van der Waals surface area contributed by atoms with Crippen LogP contribution in [0.5, 0.6) is 5.75 Å². The first-order valence-electron chi connectivity index (χ1n) is 5.62. The van der Waals surface area contributed by atoms with Crippen LogP contribution < -0.4 is 10.1 Å². The van der Waals surface area contributed by atoms with E-state index in [2.05, 4.69) is 19.2 Å². The maximum Gasteiger partial charge on any atom is 0.119 e. The van der Waals surface area contributed by atoms with Crippen LogP contribution >= 0.6 is 0 Å². The fraction of sp³-hybridized carbons (Fsp3) is 0.538. The third-order valence-electron chi connectivity index (χ3n) is 2.51. The molecule has 2 unspecified atom stereocenters. The monoisotopic (exact) mass is 223 g/mol. The summed E-state index contributed by atoms with van der Waals surface area (Å²) in [7, 11) is 1.63. The molecule has 0 radical (unpaired) electrons. The molecule has 3 nitrogen and oxygen atoms in total. The van der Waals surface area contributed by atoms with Crippen molar-refractivity contribution in [3.8, 4) is 5.75 Å². The van der Waals surface area contributed by atoms with Gasteiger partial charge < -0.3 is 15.2 Å². The number of methoxy groups -OCH3 is 1. The van der Waals surface area contributed by atoms with Gasteiger partial charge >= 0.3 is 0 Å². The zero-order chi connectivity index (χ0) is 12.1. The van der Waals surface area contributed by atoms with Crippen molar-refractivity contribution in [3.05, 3.63) is 29.8 Å². The first-order valence-corrected chi connectivity index (χ1v) is 5.62. The van der Waals surface area contributed by atoms with Gasteiger partial charge in [-0.3, -0.25) is 0 Å². The number of hydrogen-bond acceptors (Lipinski definition) is 3. The van der Waals surface area contributed by atoms with Gasteiger partial charge in [-0.15, -0.1) is 0 Å². The van der Waals surface area contributed by atoms with E-state index in [1.165, 1.54) is 0 Å². The second-order valence-electron chi connectivity index (χ2n) is 4.33. The Morgan fingerprint density at radius 3 is 2.50 bits per heavy atom. The van der Waals surface area contributed by atoms with E-state index >= 15 is 0 Å². The Hall–Kier alpha value is -1.06. The van der Waals surface area contributed by atoms with Crippen LogP contribution in [0.1, 0.15) is 32.4 Å². The van der Waals surface area contributed by atoms with Crippen LogP contribution in [0, 0.1) is 0 Å². The van der Waals surface area contributed by atoms with Gasteiger partial charge in [-0.25, -0.2) is 0 Å². The van der Waals surface area contributed by atoms with Crippen molar-refractivity contribution in [1.82, 2.24) is 5.32 Å². The van der Waals surface area contributed by atoms with Gasteiger partial charge in [0, 0.05) is 12.1 Å². The molecule has 0 amide bonds. The summed E-state index contributed by atoms with van der Waals surface area (Å²) < 4.78 is 5.13. The quantitative estimate of drug-likeness (QED) is 0.803. The molecule has 3 heteroatoms. The highest BCUT2D eigenvalue weighted by Gasteiger charge is 2.17. The fourth-order valence-electron chi connectivity index (χ4n) is 1.73. The van der Waals surface area contributed by atoms with E-state index in [1.807, 2.05) is 31.2 Å². The molecule has 0 aliphatic rings. The highest BCUT2D eigenvalue weighted by molar-refractivity contribution is 5.30. The highest BCUT2D eigenvalue weighted by atomic mass is 16.5. The zero-order valence-electron chi connectivity index (χ0n) is 10.4. The van der Waals surface area contributed by atoms with Crippen LogP contribution in [0.2, 0.25) is 0 Å². The topological polar surface area (TPSA) is 41.5 Å². The molecule has 90 valence electrons. The number of ether oxygens (including phenoxy) is 1. The minimum absolute atomic E-state index is 0.0205. The first-order chi connectivity index (χ1) is 7.54. The summed E-state index contributed by atoms with van der Waals surface area (Å²) in [6, 6.07) is 7.91. The van der Waals surface area contributed by atoms with E-state index in [0.717, 1.165) is 11.3 Å². The van der Waals surface area contributed by atoms with Crippen LogP contribution in [-0.4, -0.2) is 24.3 Å². The summed E-state index contributed by atoms with van der Waals surface area (Å²) in [6.07, 6.45) is -0.516. The lowest BCUT2D eigenvalue weighted by atomic mass is 10.0. The maximum absolute atomic E-state index is 10.1. The molecule has 0 aromatic heterocycles. The van der Waals surface area contributed by atoms with Crippen molar-refractivity contribution in [2.45, 2.75) is 39.0 Å². The molecule has 0 fully saturated rings. The lowest BCUT2D eigenvalue weighted by molar-refractivity contribution is 0.131. The highest BCUT2D eigenvalue weighted by Crippen LogP contribution is 2.21. The fourth-order valence-corrected chi connectivity index (χ4v) is 1.73. The van der Waals surface area contributed by atoms with Crippen molar-refractivity contribution in [2.75, 3.05) is 7.11 Å². The molecular weight excluding hydrogens is 202 g/mol. The van der Waals surface area contributed by atoms with Gasteiger partial charge in [0.1, 0.15) is 5.75 Å². The van der Waals surface area contributed by atoms with Gasteiger partial charge in [0.25, 0.3) is 0 Å². The number of benzene rings is 1. The Morgan fingerprint density at radius 1 is 1.25 bits per heavy atom. The van der Waals surface area contributed by atoms with Gasteiger partial charge in [-0.2, -0.15) is 0 Å². The largest absolute Gasteiger partial charge is 0.497 e. The van der Waals surface area contributed by atoms with Crippen LogP contribution in [0.25, 0.3) is 0 Å². The molecule has 2 N–H and O–H groups in total. The molecular formula is C13H21NO2. The van der Waals surface area contributed by atoms with E-state index in [9.17, 15) is 5.11 Å². The second kappa shape index (κ2) is 5.87. The van der Waals surface area contributed by atoms with Gasteiger partial charge in [0.15, 0.2) is 0 Å². The molecule has 1 aromatic rings. The van der Waals surface area contributed by atoms with Crippen molar-refractivity contribution >= 4 is 0 Å². The van der Waals surface area contributed by atoms with Crippen LogP contribution in [0.3, 0.4) is 0 Å². The average molecular weight is 223 g/mol. The van der Waals surface area contributed by atoms with Gasteiger partial charge in [0.05, 0.1) is 13.2 Å². The number of nitrogens with one attached hydrogen (secondary N) is 1. The summed E-state index contributed by atoms with van der Waals surface area (Å²) in [5, 5.41) is 13.4.